The number of aryl methyl sites for hydroxylation is 1. The number of nitrogens with one attached hydrogen (secondary N) is 1. The van der Waals surface area contributed by atoms with Crippen LogP contribution in [0.1, 0.15) is 30.7 Å². The molecule has 0 spiro atoms. The van der Waals surface area contributed by atoms with Gasteiger partial charge in [-0.15, -0.1) is 5.10 Å². The Morgan fingerprint density at radius 3 is 2.53 bits per heavy atom. The smallest absolute Gasteiger partial charge is 0.167 e. The zero-order valence-electron chi connectivity index (χ0n) is 10.7. The van der Waals surface area contributed by atoms with Gasteiger partial charge in [-0.3, -0.25) is 0 Å². The second-order valence-corrected chi connectivity index (χ2v) is 4.44. The number of anilines is 1. The van der Waals surface area contributed by atoms with Crippen molar-refractivity contribution in [3.05, 3.63) is 16.8 Å². The Labute approximate surface area is 101 Å². The second kappa shape index (κ2) is 5.60. The van der Waals surface area contributed by atoms with Crippen molar-refractivity contribution in [1.29, 1.82) is 5.26 Å². The average molecular weight is 234 g/mol. The van der Waals surface area contributed by atoms with E-state index in [-0.39, 0.29) is 5.92 Å². The van der Waals surface area contributed by atoms with Crippen LogP contribution >= 0.6 is 0 Å². The Bertz CT molecular complexity index is 437. The fourth-order valence-electron chi connectivity index (χ4n) is 1.31. The molecule has 0 saturated heterocycles. The summed E-state index contributed by atoms with van der Waals surface area (Å²) < 4.78 is 0. The van der Waals surface area contributed by atoms with Gasteiger partial charge in [0.25, 0.3) is 0 Å². The van der Waals surface area contributed by atoms with Gasteiger partial charge < -0.3 is 10.4 Å². The first-order chi connectivity index (χ1) is 7.97. The lowest BCUT2D eigenvalue weighted by Gasteiger charge is -2.16. The van der Waals surface area contributed by atoms with Crippen LogP contribution in [0.2, 0.25) is 0 Å². The van der Waals surface area contributed by atoms with E-state index in [4.69, 9.17) is 5.26 Å². The Balaban J connectivity index is 2.86. The van der Waals surface area contributed by atoms with Crippen LogP contribution in [0.4, 0.5) is 5.82 Å². The topological polar surface area (TPSA) is 81.8 Å². The Hall–Kier alpha value is -1.67. The molecule has 0 bridgehead atoms. The molecule has 0 saturated carbocycles. The molecule has 92 valence electrons. The highest BCUT2D eigenvalue weighted by molar-refractivity contribution is 5.55. The first-order valence-corrected chi connectivity index (χ1v) is 5.63. The van der Waals surface area contributed by atoms with Gasteiger partial charge in [-0.2, -0.15) is 10.4 Å². The van der Waals surface area contributed by atoms with Crippen LogP contribution in [0.5, 0.6) is 0 Å². The highest BCUT2D eigenvalue weighted by atomic mass is 16.3. The summed E-state index contributed by atoms with van der Waals surface area (Å²) >= 11 is 0. The van der Waals surface area contributed by atoms with Gasteiger partial charge in [0.2, 0.25) is 0 Å². The molecule has 0 aliphatic carbocycles. The summed E-state index contributed by atoms with van der Waals surface area (Å²) in [5.41, 5.74) is 2.06. The molecule has 1 aromatic rings. The van der Waals surface area contributed by atoms with Gasteiger partial charge in [-0.05, 0) is 25.3 Å². The fraction of sp³-hybridized carbons (Fsp3) is 0.583. The molecule has 0 fully saturated rings. The molecule has 0 aromatic carbocycles. The van der Waals surface area contributed by atoms with Gasteiger partial charge in [-0.1, -0.05) is 13.8 Å². The van der Waals surface area contributed by atoms with Crippen molar-refractivity contribution in [2.75, 3.05) is 11.9 Å². The predicted octanol–water partition coefficient (Wildman–Crippen LogP) is 1.39. The maximum Gasteiger partial charge on any atom is 0.167 e. The van der Waals surface area contributed by atoms with Crippen molar-refractivity contribution in [3.8, 4) is 6.07 Å². The zero-order chi connectivity index (χ0) is 13.0. The summed E-state index contributed by atoms with van der Waals surface area (Å²) in [5.74, 6) is 0.600. The fourth-order valence-corrected chi connectivity index (χ4v) is 1.31. The first kappa shape index (κ1) is 13.4. The van der Waals surface area contributed by atoms with Gasteiger partial charge in [0, 0.05) is 6.54 Å². The van der Waals surface area contributed by atoms with Crippen LogP contribution < -0.4 is 5.32 Å². The minimum Gasteiger partial charge on any atom is -0.391 e. The van der Waals surface area contributed by atoms with Crippen molar-refractivity contribution in [1.82, 2.24) is 10.2 Å². The monoisotopic (exact) mass is 234 g/mol. The molecular weight excluding hydrogens is 216 g/mol. The van der Waals surface area contributed by atoms with E-state index in [0.29, 0.717) is 17.9 Å². The molecule has 1 heterocycles. The third-order valence-electron chi connectivity index (χ3n) is 2.81. The highest BCUT2D eigenvalue weighted by Crippen LogP contribution is 2.17. The van der Waals surface area contributed by atoms with Crippen LogP contribution in [0, 0.1) is 31.1 Å². The van der Waals surface area contributed by atoms with Crippen LogP contribution in [-0.4, -0.2) is 28.0 Å². The molecule has 0 amide bonds. The van der Waals surface area contributed by atoms with Crippen molar-refractivity contribution in [3.63, 3.8) is 0 Å². The van der Waals surface area contributed by atoms with Crippen LogP contribution in [0.25, 0.3) is 0 Å². The molecule has 2 N–H and O–H groups in total. The van der Waals surface area contributed by atoms with Crippen molar-refractivity contribution in [2.45, 2.75) is 33.8 Å². The number of nitriles is 1. The molecule has 5 heteroatoms. The highest BCUT2D eigenvalue weighted by Gasteiger charge is 2.13. The third kappa shape index (κ3) is 3.14. The largest absolute Gasteiger partial charge is 0.391 e. The quantitative estimate of drug-likeness (QED) is 0.822. The standard InChI is InChI=1S/C12H18N4O/c1-7(2)11(17)6-14-12-10(5-13)8(3)9(4)15-16-12/h7,11,17H,6H2,1-4H3,(H,14,16). The number of aromatic nitrogens is 2. The van der Waals surface area contributed by atoms with Crippen LogP contribution in [0.3, 0.4) is 0 Å². The van der Waals surface area contributed by atoms with Gasteiger partial charge >= 0.3 is 0 Å². The molecule has 0 radical (unpaired) electrons. The van der Waals surface area contributed by atoms with Crippen LogP contribution in [0.15, 0.2) is 0 Å². The van der Waals surface area contributed by atoms with Gasteiger partial charge in [-0.25, -0.2) is 0 Å². The Morgan fingerprint density at radius 1 is 1.35 bits per heavy atom. The van der Waals surface area contributed by atoms with Gasteiger partial charge in [0.05, 0.1) is 11.8 Å². The Kier molecular flexibility index (Phi) is 4.41. The molecule has 0 aliphatic rings. The van der Waals surface area contributed by atoms with E-state index in [1.165, 1.54) is 0 Å². The summed E-state index contributed by atoms with van der Waals surface area (Å²) in [6, 6.07) is 2.11. The van der Waals surface area contributed by atoms with Crippen molar-refractivity contribution >= 4 is 5.82 Å². The minimum absolute atomic E-state index is 0.160. The normalized spacial score (nSPS) is 12.3. The number of nitrogens with zero attached hydrogens (tertiary/aromatic N) is 3. The number of rotatable bonds is 4. The molecule has 17 heavy (non-hydrogen) atoms. The number of hydrogen-bond donors (Lipinski definition) is 2. The van der Waals surface area contributed by atoms with E-state index in [1.54, 1.807) is 0 Å². The second-order valence-electron chi connectivity index (χ2n) is 4.44. The van der Waals surface area contributed by atoms with Gasteiger partial charge in [0.15, 0.2) is 5.82 Å². The molecule has 0 aliphatic heterocycles. The Morgan fingerprint density at radius 2 is 2.00 bits per heavy atom. The predicted molar refractivity (Wildman–Crippen MR) is 65.6 cm³/mol. The maximum absolute atomic E-state index is 9.68. The van der Waals surface area contributed by atoms with E-state index in [2.05, 4.69) is 21.6 Å². The zero-order valence-corrected chi connectivity index (χ0v) is 10.7. The lowest BCUT2D eigenvalue weighted by molar-refractivity contribution is 0.138. The van der Waals surface area contributed by atoms with Crippen LogP contribution in [-0.2, 0) is 0 Å². The summed E-state index contributed by atoms with van der Waals surface area (Å²) in [6.45, 7) is 7.89. The molecule has 1 unspecified atom stereocenters. The summed E-state index contributed by atoms with van der Waals surface area (Å²) in [6.07, 6.45) is -0.468. The molecular formula is C12H18N4O. The van der Waals surface area contributed by atoms with E-state index >= 15 is 0 Å². The molecule has 1 rings (SSSR count). The average Bonchev–Trinajstić information content (AvgIpc) is 2.30. The molecule has 1 atom stereocenters. The third-order valence-corrected chi connectivity index (χ3v) is 2.81. The van der Waals surface area contributed by atoms with E-state index in [1.807, 2.05) is 27.7 Å². The SMILES string of the molecule is Cc1nnc(NCC(O)C(C)C)c(C#N)c1C. The number of hydrogen-bond acceptors (Lipinski definition) is 5. The van der Waals surface area contributed by atoms with Gasteiger partial charge in [0.1, 0.15) is 11.6 Å². The lowest BCUT2D eigenvalue weighted by atomic mass is 10.1. The van der Waals surface area contributed by atoms with E-state index in [9.17, 15) is 5.11 Å². The van der Waals surface area contributed by atoms with E-state index in [0.717, 1.165) is 11.3 Å². The molecule has 1 aromatic heterocycles. The van der Waals surface area contributed by atoms with E-state index < -0.39 is 6.10 Å². The summed E-state index contributed by atoms with van der Waals surface area (Å²) in [7, 11) is 0. The first-order valence-electron chi connectivity index (χ1n) is 5.63. The maximum atomic E-state index is 9.68. The lowest BCUT2D eigenvalue weighted by Crippen LogP contribution is -2.25. The van der Waals surface area contributed by atoms with Crippen molar-refractivity contribution < 1.29 is 5.11 Å². The van der Waals surface area contributed by atoms with Crippen molar-refractivity contribution in [2.24, 2.45) is 5.92 Å². The summed E-state index contributed by atoms with van der Waals surface area (Å²) in [4.78, 5) is 0. The minimum atomic E-state index is -0.468. The summed E-state index contributed by atoms with van der Waals surface area (Å²) in [5, 5.41) is 29.6. The molecule has 5 nitrogen and oxygen atoms in total. The number of aliphatic hydroxyl groups is 1. The number of aliphatic hydroxyl groups excluding tert-OH is 1.